The third-order valence-electron chi connectivity index (χ3n) is 3.33. The van der Waals surface area contributed by atoms with Gasteiger partial charge in [0, 0.05) is 24.1 Å². The van der Waals surface area contributed by atoms with E-state index in [0.29, 0.717) is 17.9 Å². The van der Waals surface area contributed by atoms with Crippen LogP contribution in [0.5, 0.6) is 5.75 Å². The maximum absolute atomic E-state index is 11.9. The molecule has 0 fully saturated rings. The van der Waals surface area contributed by atoms with Gasteiger partial charge in [0.2, 0.25) is 5.91 Å². The lowest BCUT2D eigenvalue weighted by molar-refractivity contribution is -0.122. The second kappa shape index (κ2) is 7.67. The second-order valence-corrected chi connectivity index (χ2v) is 5.52. The van der Waals surface area contributed by atoms with E-state index in [9.17, 15) is 9.59 Å². The van der Waals surface area contributed by atoms with Gasteiger partial charge in [-0.25, -0.2) is 0 Å². The van der Waals surface area contributed by atoms with Crippen molar-refractivity contribution in [3.63, 3.8) is 0 Å². The first-order valence-electron chi connectivity index (χ1n) is 7.11. The lowest BCUT2D eigenvalue weighted by Crippen LogP contribution is -2.43. The molecule has 1 rings (SSSR count). The van der Waals surface area contributed by atoms with Crippen molar-refractivity contribution in [3.8, 4) is 5.75 Å². The van der Waals surface area contributed by atoms with E-state index in [1.54, 1.807) is 31.4 Å². The number of benzene rings is 1. The summed E-state index contributed by atoms with van der Waals surface area (Å²) in [4.78, 5) is 23.7. The molecule has 0 radical (unpaired) electrons. The van der Waals surface area contributed by atoms with Gasteiger partial charge in [0.25, 0.3) is 5.91 Å². The van der Waals surface area contributed by atoms with Gasteiger partial charge < -0.3 is 15.4 Å². The fourth-order valence-electron chi connectivity index (χ4n) is 1.68. The molecule has 116 valence electrons. The van der Waals surface area contributed by atoms with Crippen LogP contribution in [0.2, 0.25) is 0 Å². The summed E-state index contributed by atoms with van der Waals surface area (Å²) in [6, 6.07) is 6.90. The minimum absolute atomic E-state index is 0.0622. The normalized spacial score (nSPS) is 10.9. The number of methoxy groups -OCH3 is 1. The highest BCUT2D eigenvalue weighted by Crippen LogP contribution is 2.12. The van der Waals surface area contributed by atoms with Crippen LogP contribution in [0.1, 0.15) is 44.0 Å². The molecule has 21 heavy (non-hydrogen) atoms. The van der Waals surface area contributed by atoms with Crippen molar-refractivity contribution in [1.82, 2.24) is 10.6 Å². The van der Waals surface area contributed by atoms with Crippen LogP contribution >= 0.6 is 0 Å². The first-order chi connectivity index (χ1) is 9.88. The predicted molar refractivity (Wildman–Crippen MR) is 82.5 cm³/mol. The number of hydrogen-bond donors (Lipinski definition) is 2. The van der Waals surface area contributed by atoms with Crippen LogP contribution in [0.3, 0.4) is 0 Å². The number of carbonyl (C=O) groups is 2. The molecule has 0 bridgehead atoms. The number of amides is 2. The molecular weight excluding hydrogens is 268 g/mol. The summed E-state index contributed by atoms with van der Waals surface area (Å²) >= 11 is 0. The zero-order chi connectivity index (χ0) is 15.9. The predicted octanol–water partition coefficient (Wildman–Crippen LogP) is 2.12. The molecule has 0 spiro atoms. The molecule has 5 nitrogen and oxygen atoms in total. The molecule has 0 aromatic heterocycles. The van der Waals surface area contributed by atoms with E-state index < -0.39 is 0 Å². The molecule has 0 atom stereocenters. The highest BCUT2D eigenvalue weighted by Gasteiger charge is 2.17. The van der Waals surface area contributed by atoms with Crippen molar-refractivity contribution < 1.29 is 14.3 Å². The topological polar surface area (TPSA) is 67.4 Å². The van der Waals surface area contributed by atoms with Crippen molar-refractivity contribution in [3.05, 3.63) is 29.8 Å². The zero-order valence-corrected chi connectivity index (χ0v) is 13.2. The van der Waals surface area contributed by atoms with Crippen molar-refractivity contribution in [1.29, 1.82) is 0 Å². The molecule has 0 saturated carbocycles. The minimum Gasteiger partial charge on any atom is -0.497 e. The molecule has 1 aromatic rings. The molecule has 0 heterocycles. The molecule has 5 heteroatoms. The summed E-state index contributed by atoms with van der Waals surface area (Å²) in [5.41, 5.74) is 0.303. The Labute approximate surface area is 126 Å². The molecule has 0 aliphatic heterocycles. The SMILES string of the molecule is CCC(C)(C)NC(=O)CCNC(=O)c1cccc(OC)c1. The molecule has 0 saturated heterocycles. The van der Waals surface area contributed by atoms with Gasteiger partial charge in [-0.15, -0.1) is 0 Å². The van der Waals surface area contributed by atoms with Crippen LogP contribution in [-0.2, 0) is 4.79 Å². The quantitative estimate of drug-likeness (QED) is 0.809. The number of rotatable bonds is 7. The average Bonchev–Trinajstić information content (AvgIpc) is 2.46. The van der Waals surface area contributed by atoms with E-state index >= 15 is 0 Å². The van der Waals surface area contributed by atoms with Crippen LogP contribution in [0.4, 0.5) is 0 Å². The minimum atomic E-state index is -0.214. The van der Waals surface area contributed by atoms with E-state index in [1.165, 1.54) is 0 Å². The Hall–Kier alpha value is -2.04. The summed E-state index contributed by atoms with van der Waals surface area (Å²) < 4.78 is 5.07. The first kappa shape index (κ1) is 17.0. The Bertz CT molecular complexity index is 498. The Balaban J connectivity index is 2.41. The molecule has 0 aliphatic carbocycles. The van der Waals surface area contributed by atoms with E-state index in [1.807, 2.05) is 20.8 Å². The van der Waals surface area contributed by atoms with Crippen LogP contribution in [-0.4, -0.2) is 31.0 Å². The van der Waals surface area contributed by atoms with Crippen molar-refractivity contribution in [2.45, 2.75) is 39.2 Å². The molecule has 0 aliphatic rings. The van der Waals surface area contributed by atoms with Crippen LogP contribution in [0.25, 0.3) is 0 Å². The number of carbonyl (C=O) groups excluding carboxylic acids is 2. The fraction of sp³-hybridized carbons (Fsp3) is 0.500. The highest BCUT2D eigenvalue weighted by molar-refractivity contribution is 5.94. The second-order valence-electron chi connectivity index (χ2n) is 5.52. The smallest absolute Gasteiger partial charge is 0.251 e. The summed E-state index contributed by atoms with van der Waals surface area (Å²) in [5, 5.41) is 5.66. The number of nitrogens with one attached hydrogen (secondary N) is 2. The van der Waals surface area contributed by atoms with Gasteiger partial charge in [-0.3, -0.25) is 9.59 Å². The molecular formula is C16H24N2O3. The molecule has 1 aromatic carbocycles. The maximum atomic E-state index is 11.9. The third kappa shape index (κ3) is 5.85. The van der Waals surface area contributed by atoms with E-state index in [-0.39, 0.29) is 23.8 Å². The Morgan fingerprint density at radius 3 is 2.62 bits per heavy atom. The summed E-state index contributed by atoms with van der Waals surface area (Å²) in [6.07, 6.45) is 1.12. The standard InChI is InChI=1S/C16H24N2O3/c1-5-16(2,3)18-14(19)9-10-17-15(20)12-7-6-8-13(11-12)21-4/h6-8,11H,5,9-10H2,1-4H3,(H,17,20)(H,18,19). The lowest BCUT2D eigenvalue weighted by atomic mass is 10.0. The summed E-state index contributed by atoms with van der Waals surface area (Å²) in [6.45, 7) is 6.27. The monoisotopic (exact) mass is 292 g/mol. The van der Waals surface area contributed by atoms with Crippen LogP contribution in [0, 0.1) is 0 Å². The van der Waals surface area contributed by atoms with Crippen molar-refractivity contribution in [2.75, 3.05) is 13.7 Å². The lowest BCUT2D eigenvalue weighted by Gasteiger charge is -2.24. The number of hydrogen-bond acceptors (Lipinski definition) is 3. The average molecular weight is 292 g/mol. The molecule has 2 N–H and O–H groups in total. The van der Waals surface area contributed by atoms with E-state index in [4.69, 9.17) is 4.74 Å². The van der Waals surface area contributed by atoms with Gasteiger partial charge in [-0.05, 0) is 38.5 Å². The maximum Gasteiger partial charge on any atom is 0.251 e. The third-order valence-corrected chi connectivity index (χ3v) is 3.33. The van der Waals surface area contributed by atoms with Crippen LogP contribution in [0.15, 0.2) is 24.3 Å². The van der Waals surface area contributed by atoms with Gasteiger partial charge in [0.1, 0.15) is 5.75 Å². The van der Waals surface area contributed by atoms with E-state index in [0.717, 1.165) is 6.42 Å². The van der Waals surface area contributed by atoms with Crippen LogP contribution < -0.4 is 15.4 Å². The molecule has 2 amide bonds. The Morgan fingerprint density at radius 2 is 2.00 bits per heavy atom. The fourth-order valence-corrected chi connectivity index (χ4v) is 1.68. The molecule has 0 unspecified atom stereocenters. The Kier molecular flexibility index (Phi) is 6.21. The van der Waals surface area contributed by atoms with Crippen molar-refractivity contribution >= 4 is 11.8 Å². The van der Waals surface area contributed by atoms with E-state index in [2.05, 4.69) is 10.6 Å². The van der Waals surface area contributed by atoms with Gasteiger partial charge in [0.05, 0.1) is 7.11 Å². The zero-order valence-electron chi connectivity index (χ0n) is 13.2. The van der Waals surface area contributed by atoms with Gasteiger partial charge in [0.15, 0.2) is 0 Å². The van der Waals surface area contributed by atoms with Gasteiger partial charge >= 0.3 is 0 Å². The summed E-state index contributed by atoms with van der Waals surface area (Å²) in [5.74, 6) is 0.356. The Morgan fingerprint density at radius 1 is 1.29 bits per heavy atom. The van der Waals surface area contributed by atoms with Gasteiger partial charge in [-0.1, -0.05) is 13.0 Å². The van der Waals surface area contributed by atoms with Crippen molar-refractivity contribution in [2.24, 2.45) is 0 Å². The summed E-state index contributed by atoms with van der Waals surface area (Å²) in [7, 11) is 1.55. The largest absolute Gasteiger partial charge is 0.497 e. The number of ether oxygens (including phenoxy) is 1. The first-order valence-corrected chi connectivity index (χ1v) is 7.11. The van der Waals surface area contributed by atoms with Gasteiger partial charge in [-0.2, -0.15) is 0 Å². The highest BCUT2D eigenvalue weighted by atomic mass is 16.5.